The molecule has 0 saturated carbocycles. The van der Waals surface area contributed by atoms with Gasteiger partial charge in [0.15, 0.2) is 5.82 Å². The number of hydrogen-bond acceptors (Lipinski definition) is 3. The lowest BCUT2D eigenvalue weighted by molar-refractivity contribution is 1.09. The van der Waals surface area contributed by atoms with Gasteiger partial charge in [-0.3, -0.25) is 10.1 Å². The Morgan fingerprint density at radius 3 is 2.53 bits per heavy atom. The Hall–Kier alpha value is -2.49. The van der Waals surface area contributed by atoms with Crippen LogP contribution < -0.4 is 0 Å². The molecule has 0 aliphatic rings. The molecule has 3 aromatic rings. The molecular weight excluding hydrogens is 212 g/mol. The molecule has 1 N–H and O–H groups in total. The highest BCUT2D eigenvalue weighted by Gasteiger charge is 2.10. The molecule has 0 atom stereocenters. The van der Waals surface area contributed by atoms with Crippen molar-refractivity contribution in [1.29, 1.82) is 0 Å². The average Bonchev–Trinajstić information content (AvgIpc) is 2.94. The Balaban J connectivity index is 2.18. The molecule has 0 amide bonds. The molecule has 0 aliphatic carbocycles. The summed E-state index contributed by atoms with van der Waals surface area (Å²) in [4.78, 5) is 8.50. The number of nitrogens with one attached hydrogen (secondary N) is 1. The Morgan fingerprint density at radius 1 is 0.882 bits per heavy atom. The van der Waals surface area contributed by atoms with Crippen LogP contribution >= 0.6 is 0 Å². The van der Waals surface area contributed by atoms with Crippen molar-refractivity contribution in [2.45, 2.75) is 0 Å². The van der Waals surface area contributed by atoms with Gasteiger partial charge in [-0.1, -0.05) is 36.4 Å². The zero-order valence-electron chi connectivity index (χ0n) is 9.04. The van der Waals surface area contributed by atoms with Crippen molar-refractivity contribution in [3.8, 4) is 22.6 Å². The molecule has 17 heavy (non-hydrogen) atoms. The van der Waals surface area contributed by atoms with Crippen molar-refractivity contribution >= 4 is 0 Å². The molecule has 0 aliphatic heterocycles. The summed E-state index contributed by atoms with van der Waals surface area (Å²) in [6, 6.07) is 14.0. The van der Waals surface area contributed by atoms with Crippen molar-refractivity contribution in [2.75, 3.05) is 0 Å². The van der Waals surface area contributed by atoms with E-state index < -0.39 is 0 Å². The van der Waals surface area contributed by atoms with Crippen LogP contribution in [-0.2, 0) is 0 Å². The summed E-state index contributed by atoms with van der Waals surface area (Å²) >= 11 is 0. The summed E-state index contributed by atoms with van der Waals surface area (Å²) in [5, 5.41) is 6.78. The molecule has 0 bridgehead atoms. The number of H-pyrrole nitrogens is 1. The first-order valence-electron chi connectivity index (χ1n) is 5.32. The van der Waals surface area contributed by atoms with E-state index in [2.05, 4.69) is 20.2 Å². The highest BCUT2D eigenvalue weighted by Crippen LogP contribution is 2.27. The summed E-state index contributed by atoms with van der Waals surface area (Å²) in [5.74, 6) is 0.615. The summed E-state index contributed by atoms with van der Waals surface area (Å²) in [6.07, 6.45) is 3.30. The first-order chi connectivity index (χ1) is 8.45. The van der Waals surface area contributed by atoms with E-state index in [0.717, 1.165) is 16.8 Å². The predicted octanol–water partition coefficient (Wildman–Crippen LogP) is 2.53. The number of aromatic amines is 1. The number of benzene rings is 1. The highest BCUT2D eigenvalue weighted by atomic mass is 15.2. The quantitative estimate of drug-likeness (QED) is 0.724. The lowest BCUT2D eigenvalue weighted by atomic mass is 10.0. The van der Waals surface area contributed by atoms with Gasteiger partial charge in [0.25, 0.3) is 0 Å². The molecule has 3 rings (SSSR count). The zero-order chi connectivity index (χ0) is 11.5. The lowest BCUT2D eigenvalue weighted by Gasteiger charge is -2.05. The SMILES string of the molecule is c1ccc(-c2cccnc2-c2nc[nH]n2)cc1. The van der Waals surface area contributed by atoms with Gasteiger partial charge in [-0.15, -0.1) is 0 Å². The van der Waals surface area contributed by atoms with Crippen LogP contribution in [0, 0.1) is 0 Å². The summed E-state index contributed by atoms with van der Waals surface area (Å²) in [7, 11) is 0. The molecule has 2 heterocycles. The van der Waals surface area contributed by atoms with Gasteiger partial charge in [0.2, 0.25) is 0 Å². The van der Waals surface area contributed by atoms with Crippen LogP contribution in [0.15, 0.2) is 55.0 Å². The third-order valence-electron chi connectivity index (χ3n) is 2.52. The second-order valence-corrected chi connectivity index (χ2v) is 3.59. The van der Waals surface area contributed by atoms with Crippen LogP contribution in [0.1, 0.15) is 0 Å². The maximum Gasteiger partial charge on any atom is 0.200 e. The second-order valence-electron chi connectivity index (χ2n) is 3.59. The minimum absolute atomic E-state index is 0.615. The van der Waals surface area contributed by atoms with Crippen molar-refractivity contribution in [2.24, 2.45) is 0 Å². The van der Waals surface area contributed by atoms with E-state index in [1.807, 2.05) is 42.5 Å². The minimum atomic E-state index is 0.615. The van der Waals surface area contributed by atoms with Gasteiger partial charge in [0.1, 0.15) is 12.0 Å². The van der Waals surface area contributed by atoms with Gasteiger partial charge >= 0.3 is 0 Å². The maximum absolute atomic E-state index is 4.35. The van der Waals surface area contributed by atoms with Gasteiger partial charge < -0.3 is 0 Å². The first-order valence-corrected chi connectivity index (χ1v) is 5.32. The van der Waals surface area contributed by atoms with Crippen molar-refractivity contribution in [3.63, 3.8) is 0 Å². The maximum atomic E-state index is 4.35. The Morgan fingerprint density at radius 2 is 1.76 bits per heavy atom. The van der Waals surface area contributed by atoms with Crippen LogP contribution in [0.4, 0.5) is 0 Å². The van der Waals surface area contributed by atoms with E-state index in [9.17, 15) is 0 Å². The van der Waals surface area contributed by atoms with Crippen LogP contribution in [0.3, 0.4) is 0 Å². The number of pyridine rings is 1. The van der Waals surface area contributed by atoms with Gasteiger partial charge in [0.05, 0.1) is 0 Å². The molecule has 0 saturated heterocycles. The fourth-order valence-electron chi connectivity index (χ4n) is 1.76. The van der Waals surface area contributed by atoms with Crippen LogP contribution in [0.25, 0.3) is 22.6 Å². The largest absolute Gasteiger partial charge is 0.265 e. The molecule has 2 aromatic heterocycles. The van der Waals surface area contributed by atoms with E-state index in [1.165, 1.54) is 0 Å². The third-order valence-corrected chi connectivity index (χ3v) is 2.52. The zero-order valence-corrected chi connectivity index (χ0v) is 9.04. The fraction of sp³-hybridized carbons (Fsp3) is 0. The number of aromatic nitrogens is 4. The van der Waals surface area contributed by atoms with Crippen molar-refractivity contribution < 1.29 is 0 Å². The van der Waals surface area contributed by atoms with E-state index in [1.54, 1.807) is 12.5 Å². The Kier molecular flexibility index (Phi) is 2.38. The van der Waals surface area contributed by atoms with Crippen molar-refractivity contribution in [1.82, 2.24) is 20.2 Å². The predicted molar refractivity (Wildman–Crippen MR) is 65.0 cm³/mol. The molecular formula is C13H10N4. The molecule has 4 heteroatoms. The lowest BCUT2D eigenvalue weighted by Crippen LogP contribution is -1.90. The van der Waals surface area contributed by atoms with E-state index in [-0.39, 0.29) is 0 Å². The summed E-state index contributed by atoms with van der Waals surface area (Å²) in [6.45, 7) is 0. The number of nitrogens with zero attached hydrogens (tertiary/aromatic N) is 3. The molecule has 82 valence electrons. The number of rotatable bonds is 2. The monoisotopic (exact) mass is 222 g/mol. The third kappa shape index (κ3) is 1.80. The molecule has 1 aromatic carbocycles. The molecule has 0 unspecified atom stereocenters. The minimum Gasteiger partial charge on any atom is -0.265 e. The van der Waals surface area contributed by atoms with Gasteiger partial charge in [-0.2, -0.15) is 5.10 Å². The molecule has 0 radical (unpaired) electrons. The number of hydrogen-bond donors (Lipinski definition) is 1. The normalized spacial score (nSPS) is 10.4. The topological polar surface area (TPSA) is 54.5 Å². The van der Waals surface area contributed by atoms with Crippen molar-refractivity contribution in [3.05, 3.63) is 55.0 Å². The van der Waals surface area contributed by atoms with Gasteiger partial charge in [0, 0.05) is 11.8 Å². The van der Waals surface area contributed by atoms with Gasteiger partial charge in [-0.05, 0) is 11.6 Å². The van der Waals surface area contributed by atoms with Crippen LogP contribution in [0.2, 0.25) is 0 Å². The molecule has 0 spiro atoms. The summed E-state index contributed by atoms with van der Waals surface area (Å²) in [5.41, 5.74) is 2.94. The fourth-order valence-corrected chi connectivity index (χ4v) is 1.76. The van der Waals surface area contributed by atoms with E-state index in [4.69, 9.17) is 0 Å². The van der Waals surface area contributed by atoms with Gasteiger partial charge in [-0.25, -0.2) is 4.98 Å². The average molecular weight is 222 g/mol. The first kappa shape index (κ1) is 9.72. The van der Waals surface area contributed by atoms with Crippen LogP contribution in [0.5, 0.6) is 0 Å². The van der Waals surface area contributed by atoms with E-state index in [0.29, 0.717) is 5.82 Å². The second kappa shape index (κ2) is 4.17. The molecule has 0 fully saturated rings. The molecule has 4 nitrogen and oxygen atoms in total. The standard InChI is InChI=1S/C13H10N4/c1-2-5-10(6-3-1)11-7-4-8-14-12(11)13-15-9-16-17-13/h1-9H,(H,15,16,17). The van der Waals surface area contributed by atoms with E-state index >= 15 is 0 Å². The van der Waals surface area contributed by atoms with Crippen LogP contribution in [-0.4, -0.2) is 20.2 Å². The highest BCUT2D eigenvalue weighted by molar-refractivity contribution is 5.77. The Labute approximate surface area is 98.4 Å². The Bertz CT molecular complexity index is 602. The summed E-state index contributed by atoms with van der Waals surface area (Å²) < 4.78 is 0. The smallest absolute Gasteiger partial charge is 0.200 e.